The zero-order chi connectivity index (χ0) is 11.8. The first kappa shape index (κ1) is 26.2. The molecule has 0 aromatic heterocycles. The molecule has 90 valence electrons. The van der Waals surface area contributed by atoms with E-state index in [0.717, 1.165) is 0 Å². The SMILES string of the molecule is CCS(=O)(=O)O.O=C(O)/C=C/C(=O)O.[H-].[H-].[H-].[H-].[Sr+2].[Sr+2]. The topological polar surface area (TPSA) is 129 Å². The van der Waals surface area contributed by atoms with Gasteiger partial charge < -0.3 is 15.9 Å². The van der Waals surface area contributed by atoms with Gasteiger partial charge in [-0.15, -0.1) is 0 Å². The second-order valence-corrected chi connectivity index (χ2v) is 3.62. The van der Waals surface area contributed by atoms with Gasteiger partial charge in [-0.3, -0.25) is 4.55 Å². The Morgan fingerprint density at radius 3 is 1.38 bits per heavy atom. The number of rotatable bonds is 3. The van der Waals surface area contributed by atoms with Gasteiger partial charge in [-0.25, -0.2) is 9.59 Å². The Morgan fingerprint density at radius 2 is 1.31 bits per heavy atom. The maximum absolute atomic E-state index is 9.56. The molecule has 0 saturated heterocycles. The van der Waals surface area contributed by atoms with E-state index >= 15 is 0 Å². The fourth-order valence-electron chi connectivity index (χ4n) is 0.143. The molecule has 0 spiro atoms. The molecule has 7 nitrogen and oxygen atoms in total. The maximum Gasteiger partial charge on any atom is 2.00 e. The van der Waals surface area contributed by atoms with Crippen LogP contribution in [0.25, 0.3) is 0 Å². The first-order chi connectivity index (χ1) is 6.19. The molecule has 0 unspecified atom stereocenters. The molecule has 0 aromatic carbocycles. The van der Waals surface area contributed by atoms with Crippen LogP contribution < -0.4 is 0 Å². The van der Waals surface area contributed by atoms with Crippen molar-refractivity contribution in [3.05, 3.63) is 12.2 Å². The Morgan fingerprint density at radius 1 is 1.12 bits per heavy atom. The Kier molecular flexibility index (Phi) is 23.9. The summed E-state index contributed by atoms with van der Waals surface area (Å²) in [4.78, 5) is 19.1. The zero-order valence-electron chi connectivity index (χ0n) is 12.7. The van der Waals surface area contributed by atoms with Crippen molar-refractivity contribution in [3.8, 4) is 0 Å². The summed E-state index contributed by atoms with van der Waals surface area (Å²) in [7, 11) is -3.66. The summed E-state index contributed by atoms with van der Waals surface area (Å²) >= 11 is 0. The van der Waals surface area contributed by atoms with Crippen molar-refractivity contribution in [2.45, 2.75) is 6.92 Å². The van der Waals surface area contributed by atoms with Crippen LogP contribution in [0.1, 0.15) is 12.6 Å². The van der Waals surface area contributed by atoms with Crippen molar-refractivity contribution < 1.29 is 38.5 Å². The number of carbonyl (C=O) groups is 2. The van der Waals surface area contributed by atoms with E-state index in [9.17, 15) is 18.0 Å². The second kappa shape index (κ2) is 14.6. The number of hydrogen-bond acceptors (Lipinski definition) is 4. The van der Waals surface area contributed by atoms with E-state index < -0.39 is 22.1 Å². The third-order valence-corrected chi connectivity index (χ3v) is 1.46. The molecule has 0 aliphatic carbocycles. The predicted molar refractivity (Wildman–Crippen MR) is 62.5 cm³/mol. The van der Waals surface area contributed by atoms with Gasteiger partial charge >= 0.3 is 103 Å². The predicted octanol–water partition coefficient (Wildman–Crippen LogP) is -0.706. The minimum Gasteiger partial charge on any atom is -1.00 e. The van der Waals surface area contributed by atoms with Crippen molar-refractivity contribution in [1.82, 2.24) is 0 Å². The number of aliphatic carboxylic acids is 2. The van der Waals surface area contributed by atoms with E-state index in [1.807, 2.05) is 0 Å². The molecule has 0 aliphatic heterocycles. The molecule has 0 fully saturated rings. The van der Waals surface area contributed by atoms with Crippen LogP contribution in [0.5, 0.6) is 0 Å². The van der Waals surface area contributed by atoms with E-state index in [4.69, 9.17) is 14.8 Å². The Bertz CT molecular complexity index is 320. The number of carboxylic acid groups (broad SMARTS) is 2. The molecule has 0 saturated carbocycles. The average molecular weight is 405 g/mol. The van der Waals surface area contributed by atoms with Crippen molar-refractivity contribution in [2.24, 2.45) is 0 Å². The molecule has 0 amide bonds. The first-order valence-electron chi connectivity index (χ1n) is 3.28. The second-order valence-electron chi connectivity index (χ2n) is 1.88. The van der Waals surface area contributed by atoms with Crippen LogP contribution in [-0.2, 0) is 19.7 Å². The molecule has 0 bridgehead atoms. The van der Waals surface area contributed by atoms with Gasteiger partial charge in [0.05, 0.1) is 5.75 Å². The fraction of sp³-hybridized carbons (Fsp3) is 0.333. The Balaban J connectivity index is -0.0000000188. The molecule has 16 heavy (non-hydrogen) atoms. The Hall–Kier alpha value is 1.55. The standard InChI is InChI=1S/C4H4O4.C2H6O3S.2Sr.4H/c5-3(6)1-2-4(7)8;1-2-6(3,4)5;;;;;;/h1-2H,(H,5,6)(H,7,8);2H2,1H3,(H,3,4,5);;;;;;/q;;2*+2;4*-1/b2-1+;;;;;;;. The molecule has 0 heterocycles. The van der Waals surface area contributed by atoms with Gasteiger partial charge in [0.25, 0.3) is 10.1 Å². The normalized spacial score (nSPS) is 9.12. The summed E-state index contributed by atoms with van der Waals surface area (Å²) in [5, 5.41) is 15.6. The van der Waals surface area contributed by atoms with Crippen LogP contribution in [0.3, 0.4) is 0 Å². The van der Waals surface area contributed by atoms with E-state index in [-0.39, 0.29) is 102 Å². The van der Waals surface area contributed by atoms with Crippen LogP contribution in [0.15, 0.2) is 12.2 Å². The molecule has 0 aromatic rings. The summed E-state index contributed by atoms with van der Waals surface area (Å²) in [6, 6.07) is 0. The maximum atomic E-state index is 9.56. The molecule has 0 aliphatic rings. The zero-order valence-corrected chi connectivity index (χ0v) is 16.4. The van der Waals surface area contributed by atoms with E-state index in [0.29, 0.717) is 12.2 Å². The smallest absolute Gasteiger partial charge is 1.00 e. The number of hydrogen-bond donors (Lipinski definition) is 3. The first-order valence-corrected chi connectivity index (χ1v) is 4.89. The molecular weight excluding hydrogens is 391 g/mol. The largest absolute Gasteiger partial charge is 2.00 e. The van der Waals surface area contributed by atoms with Crippen LogP contribution in [-0.4, -0.2) is 132 Å². The third-order valence-electron chi connectivity index (χ3n) is 0.733. The minimum atomic E-state index is -3.66. The molecule has 0 radical (unpaired) electrons. The van der Waals surface area contributed by atoms with E-state index in [2.05, 4.69) is 0 Å². The fourth-order valence-corrected chi connectivity index (χ4v) is 0.143. The van der Waals surface area contributed by atoms with Crippen LogP contribution in [0.2, 0.25) is 0 Å². The summed E-state index contributed by atoms with van der Waals surface area (Å²) in [6.45, 7) is 1.37. The van der Waals surface area contributed by atoms with Crippen molar-refractivity contribution >= 4 is 113 Å². The number of carboxylic acids is 2. The molecule has 0 rings (SSSR count). The van der Waals surface area contributed by atoms with Gasteiger partial charge in [-0.1, -0.05) is 0 Å². The van der Waals surface area contributed by atoms with Gasteiger partial charge in [-0.05, 0) is 6.92 Å². The van der Waals surface area contributed by atoms with Gasteiger partial charge in [0.2, 0.25) is 0 Å². The van der Waals surface area contributed by atoms with Crippen LogP contribution in [0.4, 0.5) is 0 Å². The third kappa shape index (κ3) is 36.1. The molecule has 10 heteroatoms. The van der Waals surface area contributed by atoms with Crippen LogP contribution in [0, 0.1) is 0 Å². The van der Waals surface area contributed by atoms with Gasteiger partial charge in [0.1, 0.15) is 0 Å². The Labute approximate surface area is 173 Å². The molecule has 3 N–H and O–H groups in total. The summed E-state index contributed by atoms with van der Waals surface area (Å²) in [5.41, 5.74) is 0. The van der Waals surface area contributed by atoms with E-state index in [1.165, 1.54) is 6.92 Å². The minimum absolute atomic E-state index is 0. The van der Waals surface area contributed by atoms with Crippen molar-refractivity contribution in [1.29, 1.82) is 0 Å². The average Bonchev–Trinajstić information content (AvgIpc) is 2.01. The molecular formula is C6H14O7SSr2. The summed E-state index contributed by atoms with van der Waals surface area (Å²) in [5.74, 6) is -2.72. The van der Waals surface area contributed by atoms with E-state index in [1.54, 1.807) is 0 Å². The van der Waals surface area contributed by atoms with Gasteiger partial charge in [0, 0.05) is 12.2 Å². The molecule has 0 atom stereocenters. The van der Waals surface area contributed by atoms with Crippen molar-refractivity contribution in [3.63, 3.8) is 0 Å². The van der Waals surface area contributed by atoms with Crippen LogP contribution >= 0.6 is 0 Å². The van der Waals surface area contributed by atoms with Gasteiger partial charge in [-0.2, -0.15) is 8.42 Å². The summed E-state index contributed by atoms with van der Waals surface area (Å²) in [6.07, 6.45) is 1.12. The quantitative estimate of drug-likeness (QED) is 0.321. The summed E-state index contributed by atoms with van der Waals surface area (Å²) < 4.78 is 26.9. The van der Waals surface area contributed by atoms with Gasteiger partial charge in [0.15, 0.2) is 0 Å². The van der Waals surface area contributed by atoms with Crippen molar-refractivity contribution in [2.75, 3.05) is 5.75 Å². The monoisotopic (exact) mass is 406 g/mol.